The smallest absolute Gasteiger partial charge is 0.332 e. The van der Waals surface area contributed by atoms with Gasteiger partial charge in [0.1, 0.15) is 0 Å². The van der Waals surface area contributed by atoms with Crippen molar-refractivity contribution in [3.63, 3.8) is 0 Å². The predicted molar refractivity (Wildman–Crippen MR) is 71.6 cm³/mol. The normalized spacial score (nSPS) is 13.8. The highest BCUT2D eigenvalue weighted by molar-refractivity contribution is 5.75. The fraction of sp³-hybridized carbons (Fsp3) is 0.833. The number of likely N-dealkylation sites (N-methyl/N-ethyl adjacent to an activating group) is 1. The number of carboxylic acids is 1. The third-order valence-corrected chi connectivity index (χ3v) is 2.54. The molecule has 0 aromatic rings. The molecule has 1 atom stereocenters. The third kappa shape index (κ3) is 6.28. The largest absolute Gasteiger partial charge is 0.569 e. The molecule has 0 aliphatic heterocycles. The maximum absolute atomic E-state index is 11.6. The quantitative estimate of drug-likeness (QED) is 0.189. The summed E-state index contributed by atoms with van der Waals surface area (Å²) < 4.78 is 4.74. The molecular weight excluding hydrogens is 282 g/mol. The van der Waals surface area contributed by atoms with Gasteiger partial charge in [0.15, 0.2) is 6.04 Å². The fourth-order valence-electron chi connectivity index (χ4n) is 1.41. The lowest BCUT2D eigenvalue weighted by Crippen LogP contribution is -2.45. The van der Waals surface area contributed by atoms with E-state index in [0.717, 1.165) is 5.01 Å². The molecule has 0 saturated heterocycles. The Hall–Kier alpha value is -2.06. The molecule has 9 nitrogen and oxygen atoms in total. The van der Waals surface area contributed by atoms with E-state index in [9.17, 15) is 14.8 Å². The predicted octanol–water partition coefficient (Wildman–Crippen LogP) is 1.38. The zero-order valence-corrected chi connectivity index (χ0v) is 13.2. The molecule has 0 fully saturated rings. The Bertz CT molecular complexity index is 402. The van der Waals surface area contributed by atoms with Crippen LogP contribution in [0, 0.1) is 16.5 Å². The number of nitrogens with zero attached hydrogens (tertiary/aromatic N) is 3. The van der Waals surface area contributed by atoms with Crippen LogP contribution >= 0.6 is 0 Å². The van der Waals surface area contributed by atoms with Gasteiger partial charge in [0, 0.05) is 0 Å². The number of hydrogen-bond acceptors (Lipinski definition) is 6. The molecule has 0 aliphatic carbocycles. The van der Waals surface area contributed by atoms with E-state index in [2.05, 4.69) is 10.1 Å². The molecule has 0 aromatic heterocycles. The number of esters is 1. The van der Waals surface area contributed by atoms with Crippen molar-refractivity contribution in [2.75, 3.05) is 13.8 Å². The van der Waals surface area contributed by atoms with Crippen LogP contribution in [0.2, 0.25) is 0 Å². The molecule has 0 rings (SSSR count). The standard InChI is InChI=1S/C12H23N3O6/c1-8(2)9(10(16)17)14(6)15(19)13-21-7-20-11(18)12(3,4)5/h8-9H,7H2,1-6H3,(H,16,17)/t9-/m0/s1. The van der Waals surface area contributed by atoms with Gasteiger partial charge in [-0.25, -0.2) is 4.79 Å². The Kier molecular flexibility index (Phi) is 6.90. The minimum absolute atomic E-state index is 0.00368. The molecule has 1 N–H and O–H groups in total. The Morgan fingerprint density at radius 2 is 1.90 bits per heavy atom. The van der Waals surface area contributed by atoms with E-state index in [-0.39, 0.29) is 10.9 Å². The zero-order valence-electron chi connectivity index (χ0n) is 13.2. The van der Waals surface area contributed by atoms with Gasteiger partial charge in [-0.2, -0.15) is 0 Å². The van der Waals surface area contributed by atoms with Gasteiger partial charge < -0.3 is 19.9 Å². The lowest BCUT2D eigenvalue weighted by Gasteiger charge is -2.23. The van der Waals surface area contributed by atoms with E-state index in [4.69, 9.17) is 9.84 Å². The van der Waals surface area contributed by atoms with E-state index < -0.39 is 30.2 Å². The first-order chi connectivity index (χ1) is 9.48. The highest BCUT2D eigenvalue weighted by Crippen LogP contribution is 2.15. The van der Waals surface area contributed by atoms with Crippen molar-refractivity contribution in [1.82, 2.24) is 5.01 Å². The molecule has 0 heterocycles. The van der Waals surface area contributed by atoms with Gasteiger partial charge in [0.2, 0.25) is 5.28 Å². The second-order valence-corrected chi connectivity index (χ2v) is 5.86. The number of ether oxygens (including phenoxy) is 1. The number of carboxylic acid groups (broad SMARTS) is 1. The first kappa shape index (κ1) is 18.9. The molecule has 0 unspecified atom stereocenters. The van der Waals surface area contributed by atoms with E-state index >= 15 is 0 Å². The second-order valence-electron chi connectivity index (χ2n) is 5.86. The van der Waals surface area contributed by atoms with Crippen LogP contribution in [0.25, 0.3) is 0 Å². The summed E-state index contributed by atoms with van der Waals surface area (Å²) in [4.78, 5) is 27.0. The number of carbonyl (C=O) groups is 2. The second kappa shape index (κ2) is 7.65. The Morgan fingerprint density at radius 1 is 1.38 bits per heavy atom. The summed E-state index contributed by atoms with van der Waals surface area (Å²) in [5.74, 6) is -1.96. The van der Waals surface area contributed by atoms with Crippen LogP contribution in [-0.4, -0.2) is 46.9 Å². The Morgan fingerprint density at radius 3 is 2.29 bits per heavy atom. The fourth-order valence-corrected chi connectivity index (χ4v) is 1.41. The van der Waals surface area contributed by atoms with E-state index in [0.29, 0.717) is 0 Å². The van der Waals surface area contributed by atoms with Crippen molar-refractivity contribution in [2.24, 2.45) is 16.6 Å². The SMILES string of the molecule is CC(C)[C@@H](C(=O)O)N(C)[N+]([O-])=NOCOC(=O)C(C)(C)C. The first-order valence-corrected chi connectivity index (χ1v) is 6.41. The first-order valence-electron chi connectivity index (χ1n) is 6.41. The maximum atomic E-state index is 11.6. The van der Waals surface area contributed by atoms with Gasteiger partial charge in [-0.05, 0) is 26.7 Å². The summed E-state index contributed by atoms with van der Waals surface area (Å²) in [6, 6.07) is -1.05. The van der Waals surface area contributed by atoms with Crippen molar-refractivity contribution >= 4 is 11.9 Å². The van der Waals surface area contributed by atoms with Crippen LogP contribution in [0.1, 0.15) is 34.6 Å². The van der Waals surface area contributed by atoms with Gasteiger partial charge in [-0.1, -0.05) is 13.8 Å². The summed E-state index contributed by atoms with van der Waals surface area (Å²) in [7, 11) is 1.28. The van der Waals surface area contributed by atoms with Crippen molar-refractivity contribution in [3.05, 3.63) is 5.21 Å². The molecular formula is C12H23N3O6. The third-order valence-electron chi connectivity index (χ3n) is 2.54. The molecule has 0 saturated carbocycles. The van der Waals surface area contributed by atoms with Crippen molar-refractivity contribution in [2.45, 2.75) is 40.7 Å². The van der Waals surface area contributed by atoms with Gasteiger partial charge in [-0.15, -0.1) is 5.01 Å². The molecule has 21 heavy (non-hydrogen) atoms. The van der Waals surface area contributed by atoms with E-state index in [1.807, 2.05) is 0 Å². The summed E-state index contributed by atoms with van der Waals surface area (Å²) in [5, 5.41) is 24.6. The number of carbonyl (C=O) groups excluding carboxylic acids is 1. The molecule has 0 spiro atoms. The summed E-state index contributed by atoms with van der Waals surface area (Å²) >= 11 is 0. The summed E-state index contributed by atoms with van der Waals surface area (Å²) in [5.41, 5.74) is -0.691. The minimum atomic E-state index is -1.15. The van der Waals surface area contributed by atoms with Gasteiger partial charge in [0.05, 0.1) is 17.4 Å². The van der Waals surface area contributed by atoms with E-state index in [1.165, 1.54) is 7.05 Å². The summed E-state index contributed by atoms with van der Waals surface area (Å²) in [6.45, 7) is 7.80. The molecule has 0 aliphatic rings. The molecule has 0 radical (unpaired) electrons. The average molecular weight is 305 g/mol. The van der Waals surface area contributed by atoms with Crippen LogP contribution in [-0.2, 0) is 19.2 Å². The van der Waals surface area contributed by atoms with Crippen LogP contribution in [0.3, 0.4) is 0 Å². The molecule has 122 valence electrons. The number of hydrazine groups is 1. The van der Waals surface area contributed by atoms with Gasteiger partial charge >= 0.3 is 11.9 Å². The monoisotopic (exact) mass is 305 g/mol. The van der Waals surface area contributed by atoms with Crippen LogP contribution in [0.5, 0.6) is 0 Å². The Balaban J connectivity index is 4.48. The lowest BCUT2D eigenvalue weighted by atomic mass is 9.98. The molecule has 0 aromatic carbocycles. The maximum Gasteiger partial charge on any atom is 0.332 e. The van der Waals surface area contributed by atoms with Crippen molar-refractivity contribution in [1.29, 1.82) is 0 Å². The number of rotatable bonds is 7. The van der Waals surface area contributed by atoms with Gasteiger partial charge in [0.25, 0.3) is 6.79 Å². The molecule has 0 bridgehead atoms. The topological polar surface area (TPSA) is 114 Å². The zero-order chi connectivity index (χ0) is 16.8. The summed E-state index contributed by atoms with van der Waals surface area (Å²) in [6.07, 6.45) is 0. The van der Waals surface area contributed by atoms with Gasteiger partial charge in [-0.3, -0.25) is 4.79 Å². The number of aliphatic carboxylic acids is 1. The molecule has 9 heteroatoms. The van der Waals surface area contributed by atoms with Crippen LogP contribution in [0.4, 0.5) is 0 Å². The highest BCUT2D eigenvalue weighted by atomic mass is 16.8. The van der Waals surface area contributed by atoms with Crippen molar-refractivity contribution in [3.8, 4) is 0 Å². The number of hydrogen-bond donors (Lipinski definition) is 1. The lowest BCUT2D eigenvalue weighted by molar-refractivity contribution is -0.712. The molecule has 0 amide bonds. The highest BCUT2D eigenvalue weighted by Gasteiger charge is 2.32. The van der Waals surface area contributed by atoms with E-state index in [1.54, 1.807) is 34.6 Å². The van der Waals surface area contributed by atoms with Crippen LogP contribution in [0.15, 0.2) is 5.28 Å². The minimum Gasteiger partial charge on any atom is -0.569 e. The average Bonchev–Trinajstić information content (AvgIpc) is 2.31. The Labute approximate surface area is 123 Å². The van der Waals surface area contributed by atoms with Crippen molar-refractivity contribution < 1.29 is 29.2 Å². The van der Waals surface area contributed by atoms with Crippen LogP contribution < -0.4 is 0 Å².